The Bertz CT molecular complexity index is 602. The van der Waals surface area contributed by atoms with Gasteiger partial charge >= 0.3 is 0 Å². The number of hydrogen-bond acceptors (Lipinski definition) is 3. The standard InChI is InChI=1S/C18H22F2N2OS/c19-17(20)24-16-14(2-1-3-21-16)15(23)22-10-18-7-11-4-12(8-18)6-13(5-11)9-18/h1-3,11-13,17H,4-10H2,(H,22,23). The third kappa shape index (κ3) is 3.17. The average Bonchev–Trinajstić information content (AvgIpc) is 2.51. The Morgan fingerprint density at radius 1 is 1.25 bits per heavy atom. The van der Waals surface area contributed by atoms with Gasteiger partial charge in [-0.2, -0.15) is 8.78 Å². The predicted molar refractivity (Wildman–Crippen MR) is 89.0 cm³/mol. The van der Waals surface area contributed by atoms with Crippen LogP contribution in [0, 0.1) is 23.2 Å². The molecule has 0 spiro atoms. The summed E-state index contributed by atoms with van der Waals surface area (Å²) in [6.45, 7) is 0.670. The van der Waals surface area contributed by atoms with Crippen LogP contribution in [0.15, 0.2) is 23.4 Å². The van der Waals surface area contributed by atoms with Crippen LogP contribution in [0.5, 0.6) is 0 Å². The van der Waals surface area contributed by atoms with Crippen molar-refractivity contribution in [3.8, 4) is 0 Å². The van der Waals surface area contributed by atoms with E-state index in [4.69, 9.17) is 0 Å². The average molecular weight is 352 g/mol. The molecule has 0 unspecified atom stereocenters. The van der Waals surface area contributed by atoms with Crippen molar-refractivity contribution in [1.82, 2.24) is 10.3 Å². The Labute approximate surface area is 145 Å². The number of carbonyl (C=O) groups excluding carboxylic acids is 1. The fourth-order valence-corrected chi connectivity index (χ4v) is 6.19. The molecule has 0 aliphatic heterocycles. The highest BCUT2D eigenvalue weighted by molar-refractivity contribution is 7.99. The minimum absolute atomic E-state index is 0.107. The number of carbonyl (C=O) groups is 1. The minimum atomic E-state index is -2.57. The highest BCUT2D eigenvalue weighted by atomic mass is 32.2. The maximum Gasteiger partial charge on any atom is 0.290 e. The van der Waals surface area contributed by atoms with E-state index in [9.17, 15) is 13.6 Å². The molecule has 24 heavy (non-hydrogen) atoms. The number of nitrogens with one attached hydrogen (secondary N) is 1. The number of hydrogen-bond donors (Lipinski definition) is 1. The van der Waals surface area contributed by atoms with Gasteiger partial charge in [0.2, 0.25) is 0 Å². The normalized spacial score (nSPS) is 33.9. The van der Waals surface area contributed by atoms with Crippen molar-refractivity contribution in [3.63, 3.8) is 0 Å². The SMILES string of the molecule is O=C(NCC12CC3CC(CC(C3)C1)C2)c1cccnc1SC(F)F. The second kappa shape index (κ2) is 6.28. The van der Waals surface area contributed by atoms with Crippen LogP contribution in [0.1, 0.15) is 48.9 Å². The molecule has 1 aromatic rings. The van der Waals surface area contributed by atoms with Gasteiger partial charge in [0, 0.05) is 12.7 Å². The van der Waals surface area contributed by atoms with E-state index >= 15 is 0 Å². The van der Waals surface area contributed by atoms with Crippen molar-refractivity contribution in [2.75, 3.05) is 6.54 Å². The molecule has 4 fully saturated rings. The summed E-state index contributed by atoms with van der Waals surface area (Å²) in [6, 6.07) is 3.20. The molecule has 6 heteroatoms. The molecule has 4 bridgehead atoms. The second-order valence-electron chi connectivity index (χ2n) is 7.83. The molecular formula is C18H22F2N2OS. The van der Waals surface area contributed by atoms with Crippen molar-refractivity contribution < 1.29 is 13.6 Å². The van der Waals surface area contributed by atoms with E-state index in [0.717, 1.165) is 17.8 Å². The lowest BCUT2D eigenvalue weighted by molar-refractivity contribution is -0.0503. The Morgan fingerprint density at radius 2 is 1.88 bits per heavy atom. The number of alkyl halides is 2. The topological polar surface area (TPSA) is 42.0 Å². The van der Waals surface area contributed by atoms with Gasteiger partial charge in [0.05, 0.1) is 5.56 Å². The number of aromatic nitrogens is 1. The number of thioether (sulfide) groups is 1. The zero-order valence-electron chi connectivity index (χ0n) is 13.5. The van der Waals surface area contributed by atoms with Gasteiger partial charge in [0.1, 0.15) is 5.03 Å². The Balaban J connectivity index is 1.44. The minimum Gasteiger partial charge on any atom is -0.351 e. The summed E-state index contributed by atoms with van der Waals surface area (Å²) in [6.07, 6.45) is 9.18. The smallest absolute Gasteiger partial charge is 0.290 e. The number of halogens is 2. The lowest BCUT2D eigenvalue weighted by Crippen LogP contribution is -2.51. The number of rotatable bonds is 5. The molecule has 1 amide bonds. The molecule has 4 aliphatic rings. The number of nitrogens with zero attached hydrogens (tertiary/aromatic N) is 1. The van der Waals surface area contributed by atoms with E-state index in [-0.39, 0.29) is 21.9 Å². The van der Waals surface area contributed by atoms with Crippen LogP contribution in [-0.2, 0) is 0 Å². The zero-order valence-corrected chi connectivity index (χ0v) is 14.3. The molecule has 4 aliphatic carbocycles. The lowest BCUT2D eigenvalue weighted by Gasteiger charge is -2.56. The lowest BCUT2D eigenvalue weighted by atomic mass is 9.49. The van der Waals surface area contributed by atoms with Crippen LogP contribution in [-0.4, -0.2) is 23.2 Å². The third-order valence-corrected chi connectivity index (χ3v) is 6.73. The zero-order chi connectivity index (χ0) is 16.7. The third-order valence-electron chi connectivity index (χ3n) is 6.01. The second-order valence-corrected chi connectivity index (χ2v) is 8.81. The van der Waals surface area contributed by atoms with Gasteiger partial charge in [0.15, 0.2) is 0 Å². The van der Waals surface area contributed by atoms with Crippen LogP contribution in [0.4, 0.5) is 8.78 Å². The quantitative estimate of drug-likeness (QED) is 0.802. The van der Waals surface area contributed by atoms with Crippen LogP contribution >= 0.6 is 11.8 Å². The van der Waals surface area contributed by atoms with Crippen LogP contribution in [0.3, 0.4) is 0 Å². The predicted octanol–water partition coefficient (Wildman–Crippen LogP) is 4.34. The van der Waals surface area contributed by atoms with E-state index in [0.29, 0.717) is 18.3 Å². The summed E-state index contributed by atoms with van der Waals surface area (Å²) in [5, 5.41) is 3.14. The highest BCUT2D eigenvalue weighted by Gasteiger charge is 2.50. The monoisotopic (exact) mass is 352 g/mol. The van der Waals surface area contributed by atoms with Gasteiger partial charge < -0.3 is 5.32 Å². The molecule has 1 heterocycles. The first-order chi connectivity index (χ1) is 11.5. The first-order valence-corrected chi connectivity index (χ1v) is 9.59. The van der Waals surface area contributed by atoms with Gasteiger partial charge in [-0.3, -0.25) is 4.79 Å². The van der Waals surface area contributed by atoms with E-state index in [1.54, 1.807) is 12.1 Å². The maximum absolute atomic E-state index is 12.6. The molecule has 1 aromatic heterocycles. The van der Waals surface area contributed by atoms with Gasteiger partial charge in [-0.25, -0.2) is 4.98 Å². The van der Waals surface area contributed by atoms with E-state index in [2.05, 4.69) is 10.3 Å². The van der Waals surface area contributed by atoms with Crippen molar-refractivity contribution in [3.05, 3.63) is 23.9 Å². The Morgan fingerprint density at radius 3 is 2.46 bits per heavy atom. The molecule has 0 aromatic carbocycles. The fourth-order valence-electron chi connectivity index (χ4n) is 5.61. The van der Waals surface area contributed by atoms with E-state index in [1.807, 2.05) is 0 Å². The van der Waals surface area contributed by atoms with E-state index in [1.165, 1.54) is 44.7 Å². The van der Waals surface area contributed by atoms with Gasteiger partial charge in [-0.15, -0.1) is 0 Å². The number of pyridine rings is 1. The van der Waals surface area contributed by atoms with Crippen molar-refractivity contribution in [2.24, 2.45) is 23.2 Å². The van der Waals surface area contributed by atoms with Crippen LogP contribution in [0.25, 0.3) is 0 Å². The molecular weight excluding hydrogens is 330 g/mol. The molecule has 5 rings (SSSR count). The Hall–Kier alpha value is -1.17. The largest absolute Gasteiger partial charge is 0.351 e. The summed E-state index contributed by atoms with van der Waals surface area (Å²) < 4.78 is 25.3. The molecule has 0 atom stereocenters. The first-order valence-electron chi connectivity index (χ1n) is 8.71. The molecule has 3 nitrogen and oxygen atoms in total. The molecule has 4 saturated carbocycles. The molecule has 0 saturated heterocycles. The summed E-state index contributed by atoms with van der Waals surface area (Å²) >= 11 is 0.333. The highest BCUT2D eigenvalue weighted by Crippen LogP contribution is 2.59. The first kappa shape index (κ1) is 16.3. The molecule has 1 N–H and O–H groups in total. The molecule has 130 valence electrons. The van der Waals surface area contributed by atoms with E-state index < -0.39 is 5.76 Å². The van der Waals surface area contributed by atoms with Gasteiger partial charge in [-0.1, -0.05) is 0 Å². The van der Waals surface area contributed by atoms with Crippen LogP contribution < -0.4 is 5.32 Å². The maximum atomic E-state index is 12.6. The van der Waals surface area contributed by atoms with Gasteiger partial charge in [-0.05, 0) is 85.6 Å². The van der Waals surface area contributed by atoms with Crippen molar-refractivity contribution in [2.45, 2.75) is 49.3 Å². The number of amides is 1. The molecule has 0 radical (unpaired) electrons. The summed E-state index contributed by atoms with van der Waals surface area (Å²) in [5.74, 6) is -0.360. The summed E-state index contributed by atoms with van der Waals surface area (Å²) in [5.41, 5.74) is 0.496. The summed E-state index contributed by atoms with van der Waals surface area (Å²) in [4.78, 5) is 16.5. The van der Waals surface area contributed by atoms with Gasteiger partial charge in [0.25, 0.3) is 11.7 Å². The summed E-state index contributed by atoms with van der Waals surface area (Å²) in [7, 11) is 0. The fraction of sp³-hybridized carbons (Fsp3) is 0.667. The Kier molecular flexibility index (Phi) is 4.27. The van der Waals surface area contributed by atoms with Crippen molar-refractivity contribution in [1.29, 1.82) is 0 Å². The van der Waals surface area contributed by atoms with Crippen LogP contribution in [0.2, 0.25) is 0 Å². The van der Waals surface area contributed by atoms with Crippen molar-refractivity contribution >= 4 is 17.7 Å².